The summed E-state index contributed by atoms with van der Waals surface area (Å²) in [5.74, 6) is 1.21. The number of fused-ring (bicyclic) bond motifs is 1. The number of aromatic hydroxyl groups is 1. The van der Waals surface area contributed by atoms with Crippen molar-refractivity contribution in [2.24, 2.45) is 0 Å². The quantitative estimate of drug-likeness (QED) is 0.563. The smallest absolute Gasteiger partial charge is 0.249 e. The minimum absolute atomic E-state index is 0.0880. The molecule has 0 saturated carbocycles. The van der Waals surface area contributed by atoms with Gasteiger partial charge in [0.15, 0.2) is 5.94 Å². The van der Waals surface area contributed by atoms with E-state index in [2.05, 4.69) is 5.32 Å². The van der Waals surface area contributed by atoms with Gasteiger partial charge in [0.1, 0.15) is 17.5 Å². The highest BCUT2D eigenvalue weighted by Crippen LogP contribution is 2.38. The molecule has 2 heterocycles. The molecule has 1 fully saturated rings. The number of amides is 2. The molecule has 0 aromatic heterocycles. The van der Waals surface area contributed by atoms with Gasteiger partial charge in [-0.05, 0) is 12.5 Å². The maximum Gasteiger partial charge on any atom is 0.249 e. The number of carbonyl (C=O) groups is 2. The van der Waals surface area contributed by atoms with Gasteiger partial charge in [0.25, 0.3) is 0 Å². The largest absolute Gasteiger partial charge is 0.508 e. The number of imide groups is 1. The third-order valence-corrected chi connectivity index (χ3v) is 3.71. The van der Waals surface area contributed by atoms with E-state index >= 15 is 0 Å². The SMILES string of the molecule is O=C=C1c2cccc(O)c2CN1C1CCC(=O)NC1=O. The van der Waals surface area contributed by atoms with Gasteiger partial charge < -0.3 is 10.0 Å². The molecule has 1 saturated heterocycles. The summed E-state index contributed by atoms with van der Waals surface area (Å²) in [5.41, 5.74) is 1.45. The van der Waals surface area contributed by atoms with Crippen LogP contribution in [0.1, 0.15) is 24.0 Å². The lowest BCUT2D eigenvalue weighted by Crippen LogP contribution is -2.50. The van der Waals surface area contributed by atoms with E-state index in [0.717, 1.165) is 0 Å². The van der Waals surface area contributed by atoms with Crippen LogP contribution in [0.25, 0.3) is 5.70 Å². The Hall–Kier alpha value is -2.59. The van der Waals surface area contributed by atoms with Crippen molar-refractivity contribution in [3.05, 3.63) is 29.3 Å². The highest BCUT2D eigenvalue weighted by atomic mass is 16.3. The van der Waals surface area contributed by atoms with Gasteiger partial charge in [-0.25, -0.2) is 4.79 Å². The fourth-order valence-electron chi connectivity index (χ4n) is 2.73. The Kier molecular flexibility index (Phi) is 2.80. The summed E-state index contributed by atoms with van der Waals surface area (Å²) < 4.78 is 0. The number of phenolic OH excluding ortho intramolecular Hbond substituents is 1. The Balaban J connectivity index is 1.98. The average molecular weight is 272 g/mol. The molecule has 6 heteroatoms. The first kappa shape index (κ1) is 12.4. The number of rotatable bonds is 1. The summed E-state index contributed by atoms with van der Waals surface area (Å²) in [6, 6.07) is 4.30. The van der Waals surface area contributed by atoms with Crippen molar-refractivity contribution >= 4 is 23.5 Å². The number of benzene rings is 1. The molecule has 2 amide bonds. The molecule has 2 aliphatic heterocycles. The zero-order chi connectivity index (χ0) is 14.3. The molecular weight excluding hydrogens is 260 g/mol. The normalized spacial score (nSPS) is 21.5. The molecule has 2 N–H and O–H groups in total. The van der Waals surface area contributed by atoms with Crippen molar-refractivity contribution in [3.8, 4) is 5.75 Å². The highest BCUT2D eigenvalue weighted by molar-refractivity contribution is 6.02. The van der Waals surface area contributed by atoms with Crippen molar-refractivity contribution in [3.63, 3.8) is 0 Å². The molecule has 20 heavy (non-hydrogen) atoms. The van der Waals surface area contributed by atoms with Gasteiger partial charge in [-0.2, -0.15) is 0 Å². The van der Waals surface area contributed by atoms with Crippen LogP contribution < -0.4 is 5.32 Å². The van der Waals surface area contributed by atoms with Crippen LogP contribution in [-0.4, -0.2) is 33.8 Å². The Morgan fingerprint density at radius 2 is 2.15 bits per heavy atom. The van der Waals surface area contributed by atoms with E-state index < -0.39 is 11.9 Å². The molecule has 0 bridgehead atoms. The van der Waals surface area contributed by atoms with E-state index in [0.29, 0.717) is 17.5 Å². The second-order valence-electron chi connectivity index (χ2n) is 4.85. The van der Waals surface area contributed by atoms with Crippen LogP contribution in [0.3, 0.4) is 0 Å². The molecule has 6 nitrogen and oxygen atoms in total. The number of hydrogen-bond acceptors (Lipinski definition) is 5. The first-order chi connectivity index (χ1) is 9.61. The van der Waals surface area contributed by atoms with Gasteiger partial charge in [0, 0.05) is 24.1 Å². The summed E-state index contributed by atoms with van der Waals surface area (Å²) in [5, 5.41) is 12.1. The highest BCUT2D eigenvalue weighted by Gasteiger charge is 2.38. The topological polar surface area (TPSA) is 86.7 Å². The van der Waals surface area contributed by atoms with Crippen LogP contribution in [0.15, 0.2) is 18.2 Å². The van der Waals surface area contributed by atoms with Crippen molar-refractivity contribution in [2.75, 3.05) is 0 Å². The maximum absolute atomic E-state index is 11.9. The minimum atomic E-state index is -0.587. The van der Waals surface area contributed by atoms with Gasteiger partial charge in [0.05, 0.1) is 0 Å². The lowest BCUT2D eigenvalue weighted by Gasteiger charge is -2.30. The van der Waals surface area contributed by atoms with E-state index in [1.54, 1.807) is 17.0 Å². The maximum atomic E-state index is 11.9. The first-order valence-corrected chi connectivity index (χ1v) is 6.28. The molecule has 102 valence electrons. The van der Waals surface area contributed by atoms with E-state index in [9.17, 15) is 19.5 Å². The molecular formula is C14H12N2O4. The summed E-state index contributed by atoms with van der Waals surface area (Å²) in [4.78, 5) is 35.9. The number of nitrogens with one attached hydrogen (secondary N) is 1. The fraction of sp³-hybridized carbons (Fsp3) is 0.286. The van der Waals surface area contributed by atoms with Crippen molar-refractivity contribution < 1.29 is 19.5 Å². The van der Waals surface area contributed by atoms with Gasteiger partial charge in [0.2, 0.25) is 11.8 Å². The minimum Gasteiger partial charge on any atom is -0.508 e. The first-order valence-electron chi connectivity index (χ1n) is 6.28. The van der Waals surface area contributed by atoms with Gasteiger partial charge in [-0.1, -0.05) is 12.1 Å². The number of nitrogens with zero attached hydrogens (tertiary/aromatic N) is 1. The second-order valence-corrected chi connectivity index (χ2v) is 4.85. The zero-order valence-electron chi connectivity index (χ0n) is 10.5. The summed E-state index contributed by atoms with van der Waals surface area (Å²) in [7, 11) is 0. The predicted molar refractivity (Wildman–Crippen MR) is 68.9 cm³/mol. The lowest BCUT2D eigenvalue weighted by atomic mass is 10.0. The lowest BCUT2D eigenvalue weighted by molar-refractivity contribution is -0.136. The summed E-state index contributed by atoms with van der Waals surface area (Å²) in [6.07, 6.45) is 0.589. The van der Waals surface area contributed by atoms with E-state index in [1.807, 2.05) is 5.94 Å². The molecule has 0 aliphatic carbocycles. The summed E-state index contributed by atoms with van der Waals surface area (Å²) in [6.45, 7) is 0.263. The molecule has 1 aromatic rings. The molecule has 1 aromatic carbocycles. The Morgan fingerprint density at radius 3 is 2.85 bits per heavy atom. The van der Waals surface area contributed by atoms with Crippen LogP contribution in [0.5, 0.6) is 5.75 Å². The number of phenols is 1. The van der Waals surface area contributed by atoms with Crippen LogP contribution in [0.4, 0.5) is 0 Å². The second kappa shape index (κ2) is 4.51. The zero-order valence-corrected chi connectivity index (χ0v) is 10.5. The van der Waals surface area contributed by atoms with E-state index in [-0.39, 0.29) is 30.3 Å². The van der Waals surface area contributed by atoms with Crippen molar-refractivity contribution in [1.29, 1.82) is 0 Å². The monoisotopic (exact) mass is 272 g/mol. The van der Waals surface area contributed by atoms with E-state index in [1.165, 1.54) is 6.07 Å². The number of carbonyl (C=O) groups excluding carboxylic acids is 3. The molecule has 2 aliphatic rings. The van der Waals surface area contributed by atoms with Crippen LogP contribution in [-0.2, 0) is 20.9 Å². The van der Waals surface area contributed by atoms with Crippen molar-refractivity contribution in [1.82, 2.24) is 10.2 Å². The van der Waals surface area contributed by atoms with Gasteiger partial charge in [-0.3, -0.25) is 14.9 Å². The summed E-state index contributed by atoms with van der Waals surface area (Å²) >= 11 is 0. The molecule has 1 atom stereocenters. The third kappa shape index (κ3) is 1.78. The number of piperidine rings is 1. The Labute approximate surface area is 114 Å². The predicted octanol–water partition coefficient (Wildman–Crippen LogP) is 0.185. The Morgan fingerprint density at radius 1 is 1.35 bits per heavy atom. The molecule has 3 rings (SSSR count). The van der Waals surface area contributed by atoms with Crippen LogP contribution in [0.2, 0.25) is 0 Å². The fourth-order valence-corrected chi connectivity index (χ4v) is 2.73. The standard InChI is InChI=1S/C14H12N2O4/c17-7-11-8-2-1-3-12(18)9(8)6-16(11)10-4-5-13(19)15-14(10)20/h1-3,10,18H,4-6H2,(H,15,19,20). The third-order valence-electron chi connectivity index (χ3n) is 3.71. The van der Waals surface area contributed by atoms with Gasteiger partial charge >= 0.3 is 0 Å². The van der Waals surface area contributed by atoms with Crippen molar-refractivity contribution in [2.45, 2.75) is 25.4 Å². The molecule has 1 unspecified atom stereocenters. The van der Waals surface area contributed by atoms with E-state index in [4.69, 9.17) is 0 Å². The molecule has 0 spiro atoms. The average Bonchev–Trinajstić information content (AvgIpc) is 2.78. The van der Waals surface area contributed by atoms with Crippen LogP contribution >= 0.6 is 0 Å². The van der Waals surface area contributed by atoms with Crippen LogP contribution in [0, 0.1) is 0 Å². The number of hydrogen-bond donors (Lipinski definition) is 2. The Bertz CT molecular complexity index is 661. The molecule has 0 radical (unpaired) electrons. The van der Waals surface area contributed by atoms with Gasteiger partial charge in [-0.15, -0.1) is 0 Å².